The zero-order valence-corrected chi connectivity index (χ0v) is 8.43. The fourth-order valence-corrected chi connectivity index (χ4v) is 2.57. The van der Waals surface area contributed by atoms with E-state index < -0.39 is 11.2 Å². The third-order valence-corrected chi connectivity index (χ3v) is 3.44. The number of hydrogen-bond donors (Lipinski definition) is 1. The van der Waals surface area contributed by atoms with E-state index >= 15 is 0 Å². The summed E-state index contributed by atoms with van der Waals surface area (Å²) >= 11 is 0. The second kappa shape index (κ2) is 3.76. The van der Waals surface area contributed by atoms with Crippen LogP contribution in [-0.4, -0.2) is 32.2 Å². The summed E-state index contributed by atoms with van der Waals surface area (Å²) in [6, 6.07) is 0. The van der Waals surface area contributed by atoms with E-state index in [-0.39, 0.29) is 6.67 Å². The molecule has 1 saturated carbocycles. The van der Waals surface area contributed by atoms with Crippen LogP contribution in [0.15, 0.2) is 0 Å². The summed E-state index contributed by atoms with van der Waals surface area (Å²) in [6.45, 7) is 1.29. The molecule has 1 atom stereocenters. The first-order chi connectivity index (χ1) is 6.74. The fraction of sp³-hybridized carbons (Fsp3) is 1.00. The summed E-state index contributed by atoms with van der Waals surface area (Å²) in [6.07, 6.45) is 3.30. The molecule has 2 aliphatic rings. The highest BCUT2D eigenvalue weighted by atomic mass is 19.1. The predicted molar refractivity (Wildman–Crippen MR) is 50.6 cm³/mol. The molecule has 1 saturated heterocycles. The zero-order chi connectivity index (χ0) is 10.1. The summed E-state index contributed by atoms with van der Waals surface area (Å²) in [5.41, 5.74) is 5.25. The molecule has 1 spiro atoms. The molecule has 0 aromatic rings. The topological polar surface area (TPSA) is 44.5 Å². The van der Waals surface area contributed by atoms with Gasteiger partial charge in [-0.25, -0.2) is 0 Å². The SMILES string of the molecule is NCC1(CF)CCCC2(C1)OCCO2. The molecule has 0 aromatic heterocycles. The standard InChI is InChI=1S/C10H18FNO2/c11-7-9(8-12)2-1-3-10(6-9)13-4-5-14-10/h1-8,12H2. The minimum Gasteiger partial charge on any atom is -0.348 e. The average Bonchev–Trinajstić information content (AvgIpc) is 2.66. The van der Waals surface area contributed by atoms with E-state index in [0.717, 1.165) is 19.3 Å². The van der Waals surface area contributed by atoms with Crippen molar-refractivity contribution in [2.24, 2.45) is 11.1 Å². The summed E-state index contributed by atoms with van der Waals surface area (Å²) in [5, 5.41) is 0. The van der Waals surface area contributed by atoms with Gasteiger partial charge in [-0.05, 0) is 12.8 Å². The van der Waals surface area contributed by atoms with E-state index in [0.29, 0.717) is 26.2 Å². The Bertz CT molecular complexity index is 196. The summed E-state index contributed by atoms with van der Waals surface area (Å²) < 4.78 is 24.2. The van der Waals surface area contributed by atoms with Crippen molar-refractivity contribution in [3.05, 3.63) is 0 Å². The van der Waals surface area contributed by atoms with Crippen molar-refractivity contribution in [1.82, 2.24) is 0 Å². The van der Waals surface area contributed by atoms with Crippen molar-refractivity contribution in [2.75, 3.05) is 26.4 Å². The molecule has 2 N–H and O–H groups in total. The lowest BCUT2D eigenvalue weighted by Crippen LogP contribution is -2.47. The molecule has 1 aliphatic carbocycles. The minimum absolute atomic E-state index is 0.363. The Kier molecular flexibility index (Phi) is 2.77. The molecule has 0 bridgehead atoms. The van der Waals surface area contributed by atoms with Gasteiger partial charge in [0.15, 0.2) is 5.79 Å². The Morgan fingerprint density at radius 3 is 2.50 bits per heavy atom. The normalized spacial score (nSPS) is 36.4. The first kappa shape index (κ1) is 10.3. The van der Waals surface area contributed by atoms with Gasteiger partial charge in [0, 0.05) is 24.8 Å². The Morgan fingerprint density at radius 2 is 1.93 bits per heavy atom. The van der Waals surface area contributed by atoms with Gasteiger partial charge >= 0.3 is 0 Å². The van der Waals surface area contributed by atoms with Crippen molar-refractivity contribution in [1.29, 1.82) is 0 Å². The zero-order valence-electron chi connectivity index (χ0n) is 8.43. The van der Waals surface area contributed by atoms with Crippen LogP contribution in [0.25, 0.3) is 0 Å². The lowest BCUT2D eigenvalue weighted by atomic mass is 9.72. The van der Waals surface area contributed by atoms with Gasteiger partial charge in [0.2, 0.25) is 0 Å². The molecule has 2 fully saturated rings. The fourth-order valence-electron chi connectivity index (χ4n) is 2.57. The van der Waals surface area contributed by atoms with Gasteiger partial charge in [-0.3, -0.25) is 4.39 Å². The van der Waals surface area contributed by atoms with Gasteiger partial charge in [-0.1, -0.05) is 0 Å². The lowest BCUT2D eigenvalue weighted by molar-refractivity contribution is -0.202. The molecule has 2 rings (SSSR count). The van der Waals surface area contributed by atoms with E-state index in [4.69, 9.17) is 15.2 Å². The Morgan fingerprint density at radius 1 is 1.21 bits per heavy atom. The maximum Gasteiger partial charge on any atom is 0.169 e. The Hall–Kier alpha value is -0.190. The number of halogens is 1. The van der Waals surface area contributed by atoms with E-state index in [1.54, 1.807) is 0 Å². The van der Waals surface area contributed by atoms with Gasteiger partial charge in [-0.2, -0.15) is 0 Å². The van der Waals surface area contributed by atoms with Crippen LogP contribution >= 0.6 is 0 Å². The van der Waals surface area contributed by atoms with E-state index in [2.05, 4.69) is 0 Å². The highest BCUT2D eigenvalue weighted by Crippen LogP contribution is 2.45. The van der Waals surface area contributed by atoms with Crippen LogP contribution in [-0.2, 0) is 9.47 Å². The molecule has 82 valence electrons. The summed E-state index contributed by atoms with van der Waals surface area (Å²) in [7, 11) is 0. The van der Waals surface area contributed by atoms with Crippen LogP contribution in [0.2, 0.25) is 0 Å². The molecule has 0 amide bonds. The van der Waals surface area contributed by atoms with Crippen LogP contribution in [0.1, 0.15) is 25.7 Å². The molecular formula is C10H18FNO2. The molecule has 14 heavy (non-hydrogen) atoms. The predicted octanol–water partition coefficient (Wildman–Crippen LogP) is 1.22. The monoisotopic (exact) mass is 203 g/mol. The lowest BCUT2D eigenvalue weighted by Gasteiger charge is -2.42. The highest BCUT2D eigenvalue weighted by molar-refractivity contribution is 4.93. The van der Waals surface area contributed by atoms with Gasteiger partial charge in [0.1, 0.15) is 0 Å². The number of ether oxygens (including phenoxy) is 2. The molecule has 0 radical (unpaired) electrons. The first-order valence-electron chi connectivity index (χ1n) is 5.28. The summed E-state index contributed by atoms with van der Waals surface area (Å²) in [5.74, 6) is -0.510. The molecule has 3 nitrogen and oxygen atoms in total. The maximum atomic E-state index is 13.0. The minimum atomic E-state index is -0.510. The van der Waals surface area contributed by atoms with E-state index in [1.807, 2.05) is 0 Å². The quantitative estimate of drug-likeness (QED) is 0.734. The van der Waals surface area contributed by atoms with Crippen LogP contribution in [0, 0.1) is 5.41 Å². The highest BCUT2D eigenvalue weighted by Gasteiger charge is 2.47. The molecule has 4 heteroatoms. The Labute approximate surface area is 83.7 Å². The van der Waals surface area contributed by atoms with Crippen molar-refractivity contribution >= 4 is 0 Å². The Balaban J connectivity index is 2.09. The molecule has 0 aromatic carbocycles. The third kappa shape index (κ3) is 1.66. The molecule has 1 unspecified atom stereocenters. The number of alkyl halides is 1. The van der Waals surface area contributed by atoms with Gasteiger partial charge < -0.3 is 15.2 Å². The van der Waals surface area contributed by atoms with Gasteiger partial charge in [-0.15, -0.1) is 0 Å². The van der Waals surface area contributed by atoms with Crippen LogP contribution in [0.3, 0.4) is 0 Å². The van der Waals surface area contributed by atoms with E-state index in [9.17, 15) is 4.39 Å². The number of rotatable bonds is 2. The second-order valence-electron chi connectivity index (χ2n) is 4.48. The van der Waals surface area contributed by atoms with Crippen LogP contribution in [0.5, 0.6) is 0 Å². The average molecular weight is 203 g/mol. The largest absolute Gasteiger partial charge is 0.348 e. The summed E-state index contributed by atoms with van der Waals surface area (Å²) in [4.78, 5) is 0. The number of nitrogens with two attached hydrogens (primary N) is 1. The smallest absolute Gasteiger partial charge is 0.169 e. The van der Waals surface area contributed by atoms with Crippen molar-refractivity contribution in [2.45, 2.75) is 31.5 Å². The number of hydrogen-bond acceptors (Lipinski definition) is 3. The second-order valence-corrected chi connectivity index (χ2v) is 4.48. The van der Waals surface area contributed by atoms with Crippen molar-refractivity contribution < 1.29 is 13.9 Å². The first-order valence-corrected chi connectivity index (χ1v) is 5.28. The third-order valence-electron chi connectivity index (χ3n) is 3.44. The van der Waals surface area contributed by atoms with Crippen molar-refractivity contribution in [3.8, 4) is 0 Å². The van der Waals surface area contributed by atoms with E-state index in [1.165, 1.54) is 0 Å². The van der Waals surface area contributed by atoms with Crippen LogP contribution < -0.4 is 5.73 Å². The maximum absolute atomic E-state index is 13.0. The molecule has 1 aliphatic heterocycles. The van der Waals surface area contributed by atoms with Gasteiger partial charge in [0.25, 0.3) is 0 Å². The molecule has 1 heterocycles. The van der Waals surface area contributed by atoms with Crippen molar-refractivity contribution in [3.63, 3.8) is 0 Å². The van der Waals surface area contributed by atoms with Crippen LogP contribution in [0.4, 0.5) is 4.39 Å². The van der Waals surface area contributed by atoms with Gasteiger partial charge in [0.05, 0.1) is 19.9 Å². The molecular weight excluding hydrogens is 185 g/mol.